The second kappa shape index (κ2) is 8.04. The number of halogens is 1. The monoisotopic (exact) mass is 415 g/mol. The van der Waals surface area contributed by atoms with Crippen molar-refractivity contribution in [2.75, 3.05) is 24.7 Å². The largest absolute Gasteiger partial charge is 0.325 e. The van der Waals surface area contributed by atoms with Gasteiger partial charge >= 0.3 is 0 Å². The highest BCUT2D eigenvalue weighted by Crippen LogP contribution is 2.30. The van der Waals surface area contributed by atoms with Crippen LogP contribution < -0.4 is 10.6 Å². The number of anilines is 1. The molecule has 1 aliphatic heterocycles. The minimum absolute atomic E-state index is 0. The number of carbonyl (C=O) groups is 1. The molecule has 2 heterocycles. The number of piperidine rings is 1. The molecule has 2 aromatic rings. The van der Waals surface area contributed by atoms with Gasteiger partial charge in [0, 0.05) is 22.9 Å². The molecule has 0 radical (unpaired) electrons. The first-order chi connectivity index (χ1) is 11.8. The van der Waals surface area contributed by atoms with Crippen molar-refractivity contribution in [2.45, 2.75) is 24.5 Å². The van der Waals surface area contributed by atoms with E-state index in [2.05, 4.69) is 15.6 Å². The van der Waals surface area contributed by atoms with Crippen molar-refractivity contribution in [3.63, 3.8) is 0 Å². The molecule has 0 spiro atoms. The van der Waals surface area contributed by atoms with Gasteiger partial charge in [-0.1, -0.05) is 12.1 Å². The van der Waals surface area contributed by atoms with Gasteiger partial charge in [-0.2, -0.15) is 0 Å². The highest BCUT2D eigenvalue weighted by molar-refractivity contribution is 7.92. The summed E-state index contributed by atoms with van der Waals surface area (Å²) in [6, 6.07) is 7.30. The van der Waals surface area contributed by atoms with Gasteiger partial charge in [-0.3, -0.25) is 4.79 Å². The average molecular weight is 416 g/mol. The van der Waals surface area contributed by atoms with E-state index >= 15 is 0 Å². The number of thiazole rings is 1. The number of amides is 1. The van der Waals surface area contributed by atoms with Gasteiger partial charge in [-0.15, -0.1) is 23.7 Å². The highest BCUT2D eigenvalue weighted by Gasteiger charge is 2.48. The molecular weight excluding hydrogens is 394 g/mol. The van der Waals surface area contributed by atoms with Crippen LogP contribution in [0, 0.1) is 6.92 Å². The Kier molecular flexibility index (Phi) is 6.44. The molecule has 0 aliphatic carbocycles. The molecule has 3 rings (SSSR count). The topological polar surface area (TPSA) is 88.2 Å². The van der Waals surface area contributed by atoms with Crippen LogP contribution in [-0.4, -0.2) is 43.4 Å². The molecule has 1 aromatic heterocycles. The van der Waals surface area contributed by atoms with E-state index in [4.69, 9.17) is 0 Å². The van der Waals surface area contributed by atoms with Gasteiger partial charge in [0.25, 0.3) is 0 Å². The number of nitrogens with zero attached hydrogens (tertiary/aromatic N) is 1. The summed E-state index contributed by atoms with van der Waals surface area (Å²) in [5.74, 6) is -0.450. The summed E-state index contributed by atoms with van der Waals surface area (Å²) < 4.78 is 23.2. The zero-order valence-corrected chi connectivity index (χ0v) is 17.1. The molecule has 1 aliphatic rings. The summed E-state index contributed by atoms with van der Waals surface area (Å²) in [7, 11) is -3.52. The van der Waals surface area contributed by atoms with Gasteiger partial charge in [0.2, 0.25) is 5.91 Å². The molecule has 1 saturated heterocycles. The van der Waals surface area contributed by atoms with Crippen molar-refractivity contribution < 1.29 is 13.2 Å². The lowest BCUT2D eigenvalue weighted by Gasteiger charge is -2.34. The Morgan fingerprint density at radius 2 is 1.85 bits per heavy atom. The Labute approximate surface area is 163 Å². The molecule has 26 heavy (non-hydrogen) atoms. The molecule has 9 heteroatoms. The van der Waals surface area contributed by atoms with E-state index in [1.807, 2.05) is 24.4 Å². The number of carbonyl (C=O) groups excluding carboxylic acids is 1. The van der Waals surface area contributed by atoms with E-state index in [0.29, 0.717) is 18.8 Å². The minimum atomic E-state index is -3.52. The van der Waals surface area contributed by atoms with Gasteiger partial charge < -0.3 is 10.6 Å². The molecule has 1 amide bonds. The van der Waals surface area contributed by atoms with Crippen LogP contribution in [0.25, 0.3) is 11.3 Å². The van der Waals surface area contributed by atoms with Crippen molar-refractivity contribution in [3.05, 3.63) is 34.7 Å². The third-order valence-electron chi connectivity index (χ3n) is 4.59. The molecule has 142 valence electrons. The van der Waals surface area contributed by atoms with E-state index in [1.54, 1.807) is 23.5 Å². The summed E-state index contributed by atoms with van der Waals surface area (Å²) in [6.45, 7) is 2.98. The van der Waals surface area contributed by atoms with Gasteiger partial charge in [0.15, 0.2) is 14.6 Å². The van der Waals surface area contributed by atoms with Crippen LogP contribution >= 0.6 is 23.7 Å². The summed E-state index contributed by atoms with van der Waals surface area (Å²) in [5.41, 5.74) is 2.44. The SMILES string of the molecule is Cc1nc(-c2ccc(NC(=O)C3(S(C)(=O)=O)CCNCC3)cc2)cs1.Cl. The third kappa shape index (κ3) is 4.09. The van der Waals surface area contributed by atoms with Crippen LogP contribution in [0.5, 0.6) is 0 Å². The van der Waals surface area contributed by atoms with Gasteiger partial charge in [-0.05, 0) is 45.0 Å². The average Bonchev–Trinajstić information content (AvgIpc) is 3.01. The number of hydrogen-bond donors (Lipinski definition) is 2. The normalized spacial score (nSPS) is 16.5. The molecular formula is C17H22ClN3O3S2. The van der Waals surface area contributed by atoms with Crippen molar-refractivity contribution in [3.8, 4) is 11.3 Å². The maximum absolute atomic E-state index is 12.8. The second-order valence-electron chi connectivity index (χ2n) is 6.30. The first kappa shape index (κ1) is 20.8. The molecule has 1 fully saturated rings. The second-order valence-corrected chi connectivity index (χ2v) is 9.69. The number of aromatic nitrogens is 1. The molecule has 0 saturated carbocycles. The molecule has 2 N–H and O–H groups in total. The summed E-state index contributed by atoms with van der Waals surface area (Å²) in [5, 5.41) is 8.86. The third-order valence-corrected chi connectivity index (χ3v) is 7.38. The quantitative estimate of drug-likeness (QED) is 0.801. The van der Waals surface area contributed by atoms with Crippen LogP contribution in [-0.2, 0) is 14.6 Å². The van der Waals surface area contributed by atoms with Gasteiger partial charge in [-0.25, -0.2) is 13.4 Å². The van der Waals surface area contributed by atoms with Gasteiger partial charge in [0.05, 0.1) is 10.7 Å². The van der Waals surface area contributed by atoms with Crippen LogP contribution in [0.15, 0.2) is 29.6 Å². The number of rotatable bonds is 4. The van der Waals surface area contributed by atoms with E-state index in [-0.39, 0.29) is 25.2 Å². The van der Waals surface area contributed by atoms with E-state index in [1.165, 1.54) is 0 Å². The fraction of sp³-hybridized carbons (Fsp3) is 0.412. The number of hydrogen-bond acceptors (Lipinski definition) is 6. The zero-order valence-electron chi connectivity index (χ0n) is 14.6. The first-order valence-electron chi connectivity index (χ1n) is 8.06. The van der Waals surface area contributed by atoms with Crippen molar-refractivity contribution >= 4 is 45.2 Å². The van der Waals surface area contributed by atoms with E-state index in [9.17, 15) is 13.2 Å². The number of sulfone groups is 1. The molecule has 0 bridgehead atoms. The molecule has 0 unspecified atom stereocenters. The van der Waals surface area contributed by atoms with Crippen LogP contribution in [0.3, 0.4) is 0 Å². The maximum atomic E-state index is 12.8. The van der Waals surface area contributed by atoms with Crippen molar-refractivity contribution in [2.24, 2.45) is 0 Å². The lowest BCUT2D eigenvalue weighted by atomic mass is 9.95. The minimum Gasteiger partial charge on any atom is -0.325 e. The zero-order chi connectivity index (χ0) is 18.1. The van der Waals surface area contributed by atoms with Crippen LogP contribution in [0.1, 0.15) is 17.8 Å². The Balaban J connectivity index is 0.00000243. The predicted octanol–water partition coefficient (Wildman–Crippen LogP) is 2.65. The van der Waals surface area contributed by atoms with Crippen molar-refractivity contribution in [1.82, 2.24) is 10.3 Å². The summed E-state index contributed by atoms with van der Waals surface area (Å²) in [4.78, 5) is 17.2. The number of benzene rings is 1. The smallest absolute Gasteiger partial charge is 0.245 e. The molecule has 1 aromatic carbocycles. The Bertz CT molecular complexity index is 873. The lowest BCUT2D eigenvalue weighted by molar-refractivity contribution is -0.119. The number of aryl methyl sites for hydroxylation is 1. The fourth-order valence-corrected chi connectivity index (χ4v) is 5.02. The number of nitrogens with one attached hydrogen (secondary N) is 2. The predicted molar refractivity (Wildman–Crippen MR) is 108 cm³/mol. The Morgan fingerprint density at radius 3 is 2.35 bits per heavy atom. The molecule has 0 atom stereocenters. The highest BCUT2D eigenvalue weighted by atomic mass is 35.5. The summed E-state index contributed by atoms with van der Waals surface area (Å²) >= 11 is 1.58. The fourth-order valence-electron chi connectivity index (χ4n) is 3.06. The first-order valence-corrected chi connectivity index (χ1v) is 10.8. The Morgan fingerprint density at radius 1 is 1.23 bits per heavy atom. The van der Waals surface area contributed by atoms with Crippen LogP contribution in [0.4, 0.5) is 5.69 Å². The summed E-state index contributed by atoms with van der Waals surface area (Å²) in [6.07, 6.45) is 1.72. The molecule has 6 nitrogen and oxygen atoms in total. The standard InChI is InChI=1S/C17H21N3O3S2.ClH/c1-12-19-15(11-24-12)13-3-5-14(6-4-13)20-16(21)17(25(2,22)23)7-9-18-10-8-17;/h3-6,11,18H,7-10H2,1-2H3,(H,20,21);1H. The van der Waals surface area contributed by atoms with Crippen LogP contribution in [0.2, 0.25) is 0 Å². The van der Waals surface area contributed by atoms with E-state index in [0.717, 1.165) is 22.5 Å². The van der Waals surface area contributed by atoms with E-state index < -0.39 is 20.5 Å². The maximum Gasteiger partial charge on any atom is 0.245 e. The Hall–Kier alpha value is -1.48. The van der Waals surface area contributed by atoms with Gasteiger partial charge in [0.1, 0.15) is 0 Å². The van der Waals surface area contributed by atoms with Crippen molar-refractivity contribution in [1.29, 1.82) is 0 Å². The lowest BCUT2D eigenvalue weighted by Crippen LogP contribution is -2.55.